The first-order valence-corrected chi connectivity index (χ1v) is 2.53. The van der Waals surface area contributed by atoms with Gasteiger partial charge >= 0.3 is 21.1 Å². The minimum atomic E-state index is -0.295. The van der Waals surface area contributed by atoms with E-state index in [0.717, 1.165) is 0 Å². The van der Waals surface area contributed by atoms with Crippen LogP contribution >= 0.6 is 0 Å². The Balaban J connectivity index is 0. The number of Topliss-reactive ketones (excluding diaryl/α,β-unsaturated/α-hetero) is 2. The van der Waals surface area contributed by atoms with Gasteiger partial charge in [0.25, 0.3) is 0 Å². The first-order valence-electron chi connectivity index (χ1n) is 2.53. The third-order valence-corrected chi connectivity index (χ3v) is 0.789. The van der Waals surface area contributed by atoms with E-state index in [1.165, 1.54) is 0 Å². The Morgan fingerprint density at radius 2 is 1.89 bits per heavy atom. The van der Waals surface area contributed by atoms with E-state index >= 15 is 0 Å². The summed E-state index contributed by atoms with van der Waals surface area (Å²) in [6.07, 6.45) is 0.428. The average Bonchev–Trinajstić information content (AvgIpc) is 1.65. The van der Waals surface area contributed by atoms with Crippen LogP contribution in [0.3, 0.4) is 0 Å². The third kappa shape index (κ3) is 7.90. The molecule has 0 aromatic rings. The van der Waals surface area contributed by atoms with E-state index in [1.807, 2.05) is 0 Å². The molecule has 0 saturated carbocycles. The first kappa shape index (κ1) is 11.7. The molecule has 0 radical (unpaired) electrons. The quantitative estimate of drug-likeness (QED) is 0.569. The van der Waals surface area contributed by atoms with Crippen molar-refractivity contribution in [1.82, 2.24) is 0 Å². The summed E-state index contributed by atoms with van der Waals surface area (Å²) in [5, 5.41) is 0. The summed E-state index contributed by atoms with van der Waals surface area (Å²) in [6.45, 7) is 4.79. The van der Waals surface area contributed by atoms with E-state index in [4.69, 9.17) is 0 Å². The van der Waals surface area contributed by atoms with Crippen LogP contribution in [0.2, 0.25) is 0 Å². The summed E-state index contributed by atoms with van der Waals surface area (Å²) in [7, 11) is 0. The molecule has 0 atom stereocenters. The Labute approximate surface area is 69.3 Å². The van der Waals surface area contributed by atoms with Crippen molar-refractivity contribution in [2.24, 2.45) is 0 Å². The van der Waals surface area contributed by atoms with Crippen LogP contribution in [0, 0.1) is 6.92 Å². The molecule has 0 aliphatic carbocycles. The zero-order valence-electron chi connectivity index (χ0n) is 5.35. The Bertz CT molecular complexity index is 110. The number of hydrogen-bond acceptors (Lipinski definition) is 2. The predicted molar refractivity (Wildman–Crippen MR) is 30.3 cm³/mol. The van der Waals surface area contributed by atoms with Gasteiger partial charge in [-0.2, -0.15) is 0 Å². The molecule has 0 heterocycles. The molecule has 0 aromatic carbocycles. The van der Waals surface area contributed by atoms with Crippen molar-refractivity contribution in [1.29, 1.82) is 0 Å². The molecular formula is C6H9O2W+. The largest absolute Gasteiger partial charge is 2.00 e. The Kier molecular flexibility index (Phi) is 7.81. The van der Waals surface area contributed by atoms with Crippen LogP contribution in [0.25, 0.3) is 0 Å². The summed E-state index contributed by atoms with van der Waals surface area (Å²) in [4.78, 5) is 20.4. The summed E-state index contributed by atoms with van der Waals surface area (Å²) in [5.41, 5.74) is 0. The Morgan fingerprint density at radius 1 is 1.44 bits per heavy atom. The van der Waals surface area contributed by atoms with Gasteiger partial charge in [-0.1, -0.05) is 6.92 Å². The number of hydrogen-bond donors (Lipinski definition) is 0. The van der Waals surface area contributed by atoms with Crippen molar-refractivity contribution in [3.8, 4) is 0 Å². The zero-order valence-corrected chi connectivity index (χ0v) is 8.28. The molecule has 0 rings (SSSR count). The molecule has 50 valence electrons. The molecule has 0 aromatic heterocycles. The molecule has 9 heavy (non-hydrogen) atoms. The van der Waals surface area contributed by atoms with E-state index < -0.39 is 0 Å². The van der Waals surface area contributed by atoms with Gasteiger partial charge < -0.3 is 11.7 Å². The van der Waals surface area contributed by atoms with E-state index in [1.54, 1.807) is 6.92 Å². The molecule has 0 amide bonds. The number of carbonyl (C=O) groups is 2. The fraction of sp³-hybridized carbons (Fsp3) is 0.500. The van der Waals surface area contributed by atoms with Crippen LogP contribution in [0.4, 0.5) is 0 Å². The topological polar surface area (TPSA) is 34.1 Å². The monoisotopic (exact) mass is 297 g/mol. The number of rotatable bonds is 3. The van der Waals surface area contributed by atoms with Gasteiger partial charge in [-0.05, 0) is 0 Å². The third-order valence-electron chi connectivity index (χ3n) is 0.789. The second-order valence-electron chi connectivity index (χ2n) is 1.61. The minimum absolute atomic E-state index is 0. The number of ketones is 2. The van der Waals surface area contributed by atoms with Gasteiger partial charge in [0.1, 0.15) is 5.78 Å². The van der Waals surface area contributed by atoms with Crippen molar-refractivity contribution >= 4 is 11.6 Å². The second kappa shape index (κ2) is 6.02. The van der Waals surface area contributed by atoms with Crippen molar-refractivity contribution in [3.05, 3.63) is 6.92 Å². The predicted octanol–water partition coefficient (Wildman–Crippen LogP) is 0.756. The molecule has 2 nitrogen and oxygen atoms in total. The van der Waals surface area contributed by atoms with Gasteiger partial charge in [0.15, 0.2) is 0 Å². The van der Waals surface area contributed by atoms with Crippen LogP contribution in [-0.2, 0) is 30.7 Å². The van der Waals surface area contributed by atoms with Crippen LogP contribution in [0.1, 0.15) is 19.8 Å². The van der Waals surface area contributed by atoms with Crippen molar-refractivity contribution in [2.45, 2.75) is 19.8 Å². The molecule has 0 aliphatic heterocycles. The average molecular weight is 297 g/mol. The Morgan fingerprint density at radius 3 is 2.00 bits per heavy atom. The van der Waals surface area contributed by atoms with Crippen molar-refractivity contribution in [2.75, 3.05) is 0 Å². The summed E-state index contributed by atoms with van der Waals surface area (Å²) in [5.74, 6) is -0.332. The molecule has 0 unspecified atom stereocenters. The van der Waals surface area contributed by atoms with E-state index in [9.17, 15) is 9.59 Å². The first-order chi connectivity index (χ1) is 3.66. The molecule has 0 aliphatic rings. The fourth-order valence-electron chi connectivity index (χ4n) is 0.345. The maximum absolute atomic E-state index is 10.4. The Hall–Kier alpha value is -0.102. The van der Waals surface area contributed by atoms with Gasteiger partial charge in [0.05, 0.1) is 0 Å². The van der Waals surface area contributed by atoms with Gasteiger partial charge in [0.2, 0.25) is 0 Å². The second-order valence-corrected chi connectivity index (χ2v) is 1.61. The standard InChI is InChI=1S/C6H9O2.W/c1-3-6(8)4-5(2)7;/h2-4H2,1H3;/q-1;+2. The minimum Gasteiger partial charge on any atom is -0.339 e. The number of carbonyl (C=O) groups excluding carboxylic acids is 2. The smallest absolute Gasteiger partial charge is 0.339 e. The van der Waals surface area contributed by atoms with Crippen LogP contribution < -0.4 is 0 Å². The molecule has 3 heteroatoms. The summed E-state index contributed by atoms with van der Waals surface area (Å²) < 4.78 is 0. The van der Waals surface area contributed by atoms with E-state index in [0.29, 0.717) is 6.42 Å². The van der Waals surface area contributed by atoms with Crippen molar-refractivity contribution in [3.63, 3.8) is 0 Å². The summed E-state index contributed by atoms with van der Waals surface area (Å²) in [6, 6.07) is 0. The van der Waals surface area contributed by atoms with Gasteiger partial charge in [-0.3, -0.25) is 4.79 Å². The molecular weight excluding hydrogens is 288 g/mol. The van der Waals surface area contributed by atoms with Gasteiger partial charge in [-0.15, -0.1) is 0 Å². The maximum Gasteiger partial charge on any atom is 2.00 e. The molecule has 0 N–H and O–H groups in total. The van der Waals surface area contributed by atoms with Crippen LogP contribution in [-0.4, -0.2) is 11.6 Å². The van der Waals surface area contributed by atoms with Gasteiger partial charge in [-0.25, -0.2) is 0 Å². The molecule has 0 bridgehead atoms. The van der Waals surface area contributed by atoms with Gasteiger partial charge in [0, 0.05) is 18.6 Å². The maximum atomic E-state index is 10.4. The van der Waals surface area contributed by atoms with E-state index in [-0.39, 0.29) is 39.1 Å². The molecule has 0 spiro atoms. The SMILES string of the molecule is [CH2-]C(=O)CC(=O)CC.[W+2]. The summed E-state index contributed by atoms with van der Waals surface area (Å²) >= 11 is 0. The van der Waals surface area contributed by atoms with E-state index in [2.05, 4.69) is 6.92 Å². The normalized spacial score (nSPS) is 7.67. The van der Waals surface area contributed by atoms with Crippen LogP contribution in [0.15, 0.2) is 0 Å². The zero-order chi connectivity index (χ0) is 6.57. The van der Waals surface area contributed by atoms with Crippen LogP contribution in [0.5, 0.6) is 0 Å². The fourth-order valence-corrected chi connectivity index (χ4v) is 0.345. The molecule has 0 fully saturated rings. The molecule has 0 saturated heterocycles. The van der Waals surface area contributed by atoms with Crippen molar-refractivity contribution < 1.29 is 30.7 Å².